The van der Waals surface area contributed by atoms with Crippen LogP contribution in [0.25, 0.3) is 0 Å². The van der Waals surface area contributed by atoms with Crippen molar-refractivity contribution in [1.82, 2.24) is 5.32 Å². The Balaban J connectivity index is 1.78. The smallest absolute Gasteiger partial charge is 0.407 e. The fourth-order valence-corrected chi connectivity index (χ4v) is 4.40. The van der Waals surface area contributed by atoms with Gasteiger partial charge < -0.3 is 10.1 Å². The summed E-state index contributed by atoms with van der Waals surface area (Å²) in [4.78, 5) is 11.4. The molecule has 0 heterocycles. The summed E-state index contributed by atoms with van der Waals surface area (Å²) in [5.74, 6) is 2.50. The fraction of sp³-hybridized carbons (Fsp3) is 0.917. The minimum atomic E-state index is -0.239. The first-order valence-electron chi connectivity index (χ1n) is 6.10. The standard InChI is InChI=1S/C12H19NO2/c1-13-11(14)15-12-5-8-2-9(6-12)4-10(3-8)7-12/h8-10H,2-7H2,1H3,(H,13,14). The molecule has 15 heavy (non-hydrogen) atoms. The third kappa shape index (κ3) is 1.52. The van der Waals surface area contributed by atoms with Crippen LogP contribution in [0.15, 0.2) is 0 Å². The fourth-order valence-electron chi connectivity index (χ4n) is 4.40. The molecule has 3 nitrogen and oxygen atoms in total. The predicted molar refractivity (Wildman–Crippen MR) is 56.4 cm³/mol. The Kier molecular flexibility index (Phi) is 1.98. The Labute approximate surface area is 90.6 Å². The van der Waals surface area contributed by atoms with Crippen LogP contribution in [0.1, 0.15) is 38.5 Å². The van der Waals surface area contributed by atoms with Crippen LogP contribution in [0, 0.1) is 17.8 Å². The highest BCUT2D eigenvalue weighted by molar-refractivity contribution is 5.67. The van der Waals surface area contributed by atoms with Crippen molar-refractivity contribution in [2.24, 2.45) is 17.8 Å². The van der Waals surface area contributed by atoms with Gasteiger partial charge in [-0.05, 0) is 56.3 Å². The lowest BCUT2D eigenvalue weighted by molar-refractivity contribution is -0.126. The minimum absolute atomic E-state index is 0.0884. The second-order valence-corrected chi connectivity index (χ2v) is 5.74. The molecular weight excluding hydrogens is 190 g/mol. The highest BCUT2D eigenvalue weighted by Gasteiger charge is 2.53. The first-order chi connectivity index (χ1) is 7.19. The maximum absolute atomic E-state index is 11.4. The number of hydrogen-bond acceptors (Lipinski definition) is 2. The summed E-state index contributed by atoms with van der Waals surface area (Å²) < 4.78 is 5.65. The highest BCUT2D eigenvalue weighted by atomic mass is 16.6. The van der Waals surface area contributed by atoms with Gasteiger partial charge in [-0.1, -0.05) is 0 Å². The number of carbonyl (C=O) groups excluding carboxylic acids is 1. The average Bonchev–Trinajstić information content (AvgIpc) is 2.14. The molecule has 0 aromatic rings. The van der Waals surface area contributed by atoms with Gasteiger partial charge in [0.15, 0.2) is 0 Å². The van der Waals surface area contributed by atoms with Gasteiger partial charge in [0.1, 0.15) is 5.60 Å². The molecule has 0 saturated heterocycles. The van der Waals surface area contributed by atoms with Crippen molar-refractivity contribution in [2.45, 2.75) is 44.1 Å². The molecule has 3 heteroatoms. The highest BCUT2D eigenvalue weighted by Crippen LogP contribution is 2.57. The normalized spacial score (nSPS) is 46.6. The van der Waals surface area contributed by atoms with Gasteiger partial charge in [0.25, 0.3) is 0 Å². The van der Waals surface area contributed by atoms with Gasteiger partial charge in [0.2, 0.25) is 0 Å². The van der Waals surface area contributed by atoms with E-state index in [9.17, 15) is 4.79 Å². The number of nitrogens with one attached hydrogen (secondary N) is 1. The third-order valence-corrected chi connectivity index (χ3v) is 4.50. The van der Waals surface area contributed by atoms with E-state index in [4.69, 9.17) is 4.74 Å². The number of alkyl carbamates (subject to hydrolysis) is 1. The van der Waals surface area contributed by atoms with E-state index in [2.05, 4.69) is 5.32 Å². The van der Waals surface area contributed by atoms with Gasteiger partial charge in [0, 0.05) is 7.05 Å². The summed E-state index contributed by atoms with van der Waals surface area (Å²) in [6.45, 7) is 0. The van der Waals surface area contributed by atoms with Crippen LogP contribution in [0.4, 0.5) is 4.79 Å². The van der Waals surface area contributed by atoms with Crippen molar-refractivity contribution in [3.05, 3.63) is 0 Å². The van der Waals surface area contributed by atoms with Crippen molar-refractivity contribution < 1.29 is 9.53 Å². The van der Waals surface area contributed by atoms with Crippen molar-refractivity contribution in [2.75, 3.05) is 7.05 Å². The molecule has 4 fully saturated rings. The van der Waals surface area contributed by atoms with Crippen molar-refractivity contribution in [1.29, 1.82) is 0 Å². The molecule has 0 unspecified atom stereocenters. The lowest BCUT2D eigenvalue weighted by atomic mass is 9.54. The number of ether oxygens (including phenoxy) is 1. The SMILES string of the molecule is CNC(=O)OC12CC3CC(CC(C3)C1)C2. The molecular formula is C12H19NO2. The van der Waals surface area contributed by atoms with E-state index in [1.807, 2.05) is 0 Å². The number of rotatable bonds is 1. The zero-order chi connectivity index (χ0) is 10.5. The van der Waals surface area contributed by atoms with E-state index in [0.717, 1.165) is 37.0 Å². The molecule has 1 amide bonds. The summed E-state index contributed by atoms with van der Waals surface area (Å²) in [5.41, 5.74) is -0.0884. The Hall–Kier alpha value is -0.730. The Morgan fingerprint density at radius 1 is 1.13 bits per heavy atom. The summed E-state index contributed by atoms with van der Waals surface area (Å²) in [7, 11) is 1.64. The molecule has 1 N–H and O–H groups in total. The van der Waals surface area contributed by atoms with E-state index in [1.54, 1.807) is 7.05 Å². The molecule has 0 spiro atoms. The van der Waals surface area contributed by atoms with Crippen LogP contribution in [0.5, 0.6) is 0 Å². The molecule has 4 aliphatic rings. The quantitative estimate of drug-likeness (QED) is 0.719. The van der Waals surface area contributed by atoms with Crippen molar-refractivity contribution in [3.63, 3.8) is 0 Å². The number of hydrogen-bond donors (Lipinski definition) is 1. The van der Waals surface area contributed by atoms with Crippen molar-refractivity contribution in [3.8, 4) is 0 Å². The second kappa shape index (κ2) is 3.13. The summed E-state index contributed by atoms with van der Waals surface area (Å²) in [6.07, 6.45) is 7.27. The van der Waals surface area contributed by atoms with Gasteiger partial charge in [-0.15, -0.1) is 0 Å². The molecule has 84 valence electrons. The Bertz CT molecular complexity index is 252. The molecule has 0 atom stereocenters. The molecule has 4 saturated carbocycles. The third-order valence-electron chi connectivity index (χ3n) is 4.50. The zero-order valence-electron chi connectivity index (χ0n) is 9.29. The lowest BCUT2D eigenvalue weighted by Crippen LogP contribution is -2.53. The van der Waals surface area contributed by atoms with E-state index >= 15 is 0 Å². The predicted octanol–water partition coefficient (Wildman–Crippen LogP) is 2.31. The molecule has 4 bridgehead atoms. The Morgan fingerprint density at radius 3 is 2.00 bits per heavy atom. The lowest BCUT2D eigenvalue weighted by Gasteiger charge is -2.55. The van der Waals surface area contributed by atoms with Crippen molar-refractivity contribution >= 4 is 6.09 Å². The Morgan fingerprint density at radius 2 is 1.60 bits per heavy atom. The van der Waals surface area contributed by atoms with Gasteiger partial charge in [-0.25, -0.2) is 4.79 Å². The minimum Gasteiger partial charge on any atom is -0.443 e. The van der Waals surface area contributed by atoms with E-state index in [0.29, 0.717) is 0 Å². The summed E-state index contributed by atoms with van der Waals surface area (Å²) >= 11 is 0. The first kappa shape index (κ1) is 9.49. The summed E-state index contributed by atoms with van der Waals surface area (Å²) in [6, 6.07) is 0. The van der Waals surface area contributed by atoms with Crippen LogP contribution < -0.4 is 5.32 Å². The zero-order valence-corrected chi connectivity index (χ0v) is 9.29. The van der Waals surface area contributed by atoms with E-state index < -0.39 is 0 Å². The van der Waals surface area contributed by atoms with Gasteiger partial charge in [-0.2, -0.15) is 0 Å². The maximum atomic E-state index is 11.4. The van der Waals surface area contributed by atoms with Crippen LogP contribution in [-0.4, -0.2) is 18.7 Å². The van der Waals surface area contributed by atoms with Crippen LogP contribution in [0.3, 0.4) is 0 Å². The summed E-state index contributed by atoms with van der Waals surface area (Å²) in [5, 5.41) is 2.58. The monoisotopic (exact) mass is 209 g/mol. The van der Waals surface area contributed by atoms with Gasteiger partial charge in [-0.3, -0.25) is 0 Å². The van der Waals surface area contributed by atoms with Crippen LogP contribution in [-0.2, 0) is 4.74 Å². The number of amides is 1. The molecule has 0 aromatic carbocycles. The molecule has 4 rings (SSSR count). The first-order valence-corrected chi connectivity index (χ1v) is 6.10. The second-order valence-electron chi connectivity index (χ2n) is 5.74. The average molecular weight is 209 g/mol. The molecule has 0 aliphatic heterocycles. The molecule has 0 aromatic heterocycles. The van der Waals surface area contributed by atoms with Gasteiger partial charge >= 0.3 is 6.09 Å². The van der Waals surface area contributed by atoms with E-state index in [-0.39, 0.29) is 11.7 Å². The van der Waals surface area contributed by atoms with Crippen LogP contribution in [0.2, 0.25) is 0 Å². The molecule has 0 radical (unpaired) electrons. The van der Waals surface area contributed by atoms with E-state index in [1.165, 1.54) is 19.3 Å². The van der Waals surface area contributed by atoms with Crippen LogP contribution >= 0.6 is 0 Å². The maximum Gasteiger partial charge on any atom is 0.407 e. The van der Waals surface area contributed by atoms with Gasteiger partial charge in [0.05, 0.1) is 0 Å². The topological polar surface area (TPSA) is 38.3 Å². The number of carbonyl (C=O) groups is 1. The largest absolute Gasteiger partial charge is 0.443 e. The molecule has 4 aliphatic carbocycles.